The molecule has 5 nitrogen and oxygen atoms in total. The highest BCUT2D eigenvalue weighted by atomic mass is 35.5. The number of hydrogen-bond acceptors (Lipinski definition) is 5. The van der Waals surface area contributed by atoms with Crippen molar-refractivity contribution in [1.82, 2.24) is 14.7 Å². The molecule has 1 aliphatic rings. The van der Waals surface area contributed by atoms with Gasteiger partial charge in [-0.05, 0) is 42.8 Å². The molecule has 4 rings (SSSR count). The molecule has 0 saturated carbocycles. The summed E-state index contributed by atoms with van der Waals surface area (Å²) in [5.74, 6) is 0.560. The number of hydrogen-bond donors (Lipinski definition) is 0. The number of thioether (sulfide) groups is 1. The molecule has 2 heterocycles. The molecule has 0 aliphatic carbocycles. The summed E-state index contributed by atoms with van der Waals surface area (Å²) in [6.07, 6.45) is 10.8. The topological polar surface area (TPSA) is 47.4 Å². The number of amides is 1. The number of carbonyl (C=O) groups is 1. The monoisotopic (exact) mass is 539 g/mol. The average Bonchev–Trinajstić information content (AvgIpc) is 3.42. The average molecular weight is 540 g/mol. The summed E-state index contributed by atoms with van der Waals surface area (Å²) in [5, 5.41) is 5.34. The minimum Gasteiger partial charge on any atom is -0.495 e. The van der Waals surface area contributed by atoms with E-state index in [9.17, 15) is 4.79 Å². The van der Waals surface area contributed by atoms with Gasteiger partial charge in [0.15, 0.2) is 0 Å². The maximum absolute atomic E-state index is 13.2. The third-order valence-corrected chi connectivity index (χ3v) is 7.76. The van der Waals surface area contributed by atoms with Gasteiger partial charge in [0.25, 0.3) is 5.91 Å². The molecule has 0 N–H and O–H groups in total. The lowest BCUT2D eigenvalue weighted by Gasteiger charge is -2.14. The Balaban J connectivity index is 1.61. The number of thiocarbonyl (C=S) groups is 1. The molecule has 188 valence electrons. The number of aromatic nitrogens is 2. The van der Waals surface area contributed by atoms with Gasteiger partial charge >= 0.3 is 0 Å². The molecule has 3 aromatic rings. The Morgan fingerprint density at radius 1 is 1.08 bits per heavy atom. The SMILES string of the molecule is CCCCCCCCN1C(=O)/C(=C/c2cn(-c3ccccc3)nc2-c2ccc(OC)c(Cl)c2)SC1=S. The van der Waals surface area contributed by atoms with Crippen molar-refractivity contribution in [3.05, 3.63) is 70.2 Å². The Morgan fingerprint density at radius 3 is 2.56 bits per heavy atom. The Morgan fingerprint density at radius 2 is 1.83 bits per heavy atom. The fourth-order valence-corrected chi connectivity index (χ4v) is 5.69. The maximum atomic E-state index is 13.2. The summed E-state index contributed by atoms with van der Waals surface area (Å²) in [7, 11) is 1.59. The number of benzene rings is 2. The second-order valence-corrected chi connectivity index (χ2v) is 10.7. The molecule has 0 radical (unpaired) electrons. The second-order valence-electron chi connectivity index (χ2n) is 8.66. The summed E-state index contributed by atoms with van der Waals surface area (Å²) in [4.78, 5) is 15.6. The molecule has 1 aliphatic heterocycles. The number of para-hydroxylation sites is 1. The lowest BCUT2D eigenvalue weighted by Crippen LogP contribution is -2.29. The zero-order valence-electron chi connectivity index (χ0n) is 20.6. The van der Waals surface area contributed by atoms with Crippen molar-refractivity contribution >= 4 is 51.9 Å². The first-order chi connectivity index (χ1) is 17.5. The lowest BCUT2D eigenvalue weighted by atomic mass is 10.1. The Hall–Kier alpha value is -2.61. The van der Waals surface area contributed by atoms with Gasteiger partial charge in [0.1, 0.15) is 15.8 Å². The van der Waals surface area contributed by atoms with Gasteiger partial charge in [-0.15, -0.1) is 0 Å². The highest BCUT2D eigenvalue weighted by Crippen LogP contribution is 2.36. The van der Waals surface area contributed by atoms with E-state index in [1.807, 2.05) is 65.5 Å². The van der Waals surface area contributed by atoms with Crippen LogP contribution in [0, 0.1) is 0 Å². The molecule has 8 heteroatoms. The van der Waals surface area contributed by atoms with Crippen LogP contribution in [0.4, 0.5) is 0 Å². The van der Waals surface area contributed by atoms with Crippen LogP contribution in [0.3, 0.4) is 0 Å². The fraction of sp³-hybridized carbons (Fsp3) is 0.321. The van der Waals surface area contributed by atoms with Crippen molar-refractivity contribution in [2.75, 3.05) is 13.7 Å². The van der Waals surface area contributed by atoms with Gasteiger partial charge < -0.3 is 4.74 Å². The molecule has 0 bridgehead atoms. The quantitative estimate of drug-likeness (QED) is 0.141. The number of ether oxygens (including phenoxy) is 1. The predicted molar refractivity (Wildman–Crippen MR) is 154 cm³/mol. The molecule has 0 spiro atoms. The van der Waals surface area contributed by atoms with Gasteiger partial charge in [-0.1, -0.05) is 92.8 Å². The summed E-state index contributed by atoms with van der Waals surface area (Å²) in [5.41, 5.74) is 3.31. The van der Waals surface area contributed by atoms with E-state index in [0.717, 1.165) is 35.3 Å². The lowest BCUT2D eigenvalue weighted by molar-refractivity contribution is -0.122. The van der Waals surface area contributed by atoms with E-state index in [1.165, 1.54) is 37.4 Å². The molecule has 36 heavy (non-hydrogen) atoms. The van der Waals surface area contributed by atoms with Crippen LogP contribution in [0.1, 0.15) is 51.0 Å². The summed E-state index contributed by atoms with van der Waals surface area (Å²) < 4.78 is 7.74. The minimum absolute atomic E-state index is 0.0373. The molecule has 1 amide bonds. The summed E-state index contributed by atoms with van der Waals surface area (Å²) >= 11 is 13.3. The molecule has 2 aromatic carbocycles. The number of halogens is 1. The van der Waals surface area contributed by atoms with Gasteiger partial charge in [-0.25, -0.2) is 4.68 Å². The highest BCUT2D eigenvalue weighted by Gasteiger charge is 2.32. The van der Waals surface area contributed by atoms with E-state index in [2.05, 4.69) is 6.92 Å². The third kappa shape index (κ3) is 6.20. The van der Waals surface area contributed by atoms with Crippen molar-refractivity contribution < 1.29 is 9.53 Å². The number of unbranched alkanes of at least 4 members (excludes halogenated alkanes) is 5. The normalized spacial score (nSPS) is 14.8. The zero-order chi connectivity index (χ0) is 25.5. The van der Waals surface area contributed by atoms with Crippen molar-refractivity contribution in [2.45, 2.75) is 45.4 Å². The Labute approximate surface area is 227 Å². The largest absolute Gasteiger partial charge is 0.495 e. The molecule has 1 aromatic heterocycles. The number of carbonyl (C=O) groups excluding carboxylic acids is 1. The van der Waals surface area contributed by atoms with Gasteiger partial charge in [0.2, 0.25) is 0 Å². The Bertz CT molecular complexity index is 1260. The molecular weight excluding hydrogens is 510 g/mol. The molecule has 0 unspecified atom stereocenters. The van der Waals surface area contributed by atoms with Crippen LogP contribution in [0.2, 0.25) is 5.02 Å². The van der Waals surface area contributed by atoms with E-state index >= 15 is 0 Å². The van der Waals surface area contributed by atoms with Crippen LogP contribution in [-0.4, -0.2) is 38.6 Å². The fourth-order valence-electron chi connectivity index (χ4n) is 4.13. The van der Waals surface area contributed by atoms with Crippen LogP contribution in [0.5, 0.6) is 5.75 Å². The second kappa shape index (κ2) is 12.6. The van der Waals surface area contributed by atoms with Gasteiger partial charge in [-0.2, -0.15) is 5.10 Å². The van der Waals surface area contributed by atoms with Crippen LogP contribution >= 0.6 is 35.6 Å². The number of rotatable bonds is 11. The molecule has 1 saturated heterocycles. The van der Waals surface area contributed by atoms with Crippen LogP contribution in [-0.2, 0) is 4.79 Å². The van der Waals surface area contributed by atoms with E-state index in [4.69, 9.17) is 33.7 Å². The van der Waals surface area contributed by atoms with E-state index in [0.29, 0.717) is 26.5 Å². The van der Waals surface area contributed by atoms with Crippen LogP contribution < -0.4 is 4.74 Å². The summed E-state index contributed by atoms with van der Waals surface area (Å²) in [6.45, 7) is 2.88. The first-order valence-electron chi connectivity index (χ1n) is 12.3. The van der Waals surface area contributed by atoms with Crippen molar-refractivity contribution in [2.24, 2.45) is 0 Å². The maximum Gasteiger partial charge on any atom is 0.266 e. The van der Waals surface area contributed by atoms with Crippen molar-refractivity contribution in [3.8, 4) is 22.7 Å². The summed E-state index contributed by atoms with van der Waals surface area (Å²) in [6, 6.07) is 15.4. The van der Waals surface area contributed by atoms with Crippen LogP contribution in [0.15, 0.2) is 59.6 Å². The van der Waals surface area contributed by atoms with Crippen molar-refractivity contribution in [1.29, 1.82) is 0 Å². The molecule has 1 fully saturated rings. The third-order valence-electron chi connectivity index (χ3n) is 6.08. The predicted octanol–water partition coefficient (Wildman–Crippen LogP) is 7.76. The zero-order valence-corrected chi connectivity index (χ0v) is 23.0. The number of methoxy groups -OCH3 is 1. The van der Waals surface area contributed by atoms with Crippen LogP contribution in [0.25, 0.3) is 23.0 Å². The van der Waals surface area contributed by atoms with E-state index < -0.39 is 0 Å². The smallest absolute Gasteiger partial charge is 0.266 e. The number of nitrogens with zero attached hydrogens (tertiary/aromatic N) is 3. The first-order valence-corrected chi connectivity index (χ1v) is 13.9. The minimum atomic E-state index is -0.0373. The van der Waals surface area contributed by atoms with E-state index in [1.54, 1.807) is 12.0 Å². The van der Waals surface area contributed by atoms with Gasteiger partial charge in [-0.3, -0.25) is 9.69 Å². The standard InChI is InChI=1S/C28H30ClN3O2S2/c1-3-4-5-6-7-11-16-31-27(33)25(36-28(31)35)18-21-19-32(22-12-9-8-10-13-22)30-26(21)20-14-15-24(34-2)23(29)17-20/h8-10,12-15,17-19H,3-7,11,16H2,1-2H3/b25-18-. The Kier molecular flexibility index (Phi) is 9.24. The first kappa shape index (κ1) is 26.5. The van der Waals surface area contributed by atoms with Gasteiger partial charge in [0.05, 0.1) is 22.7 Å². The highest BCUT2D eigenvalue weighted by molar-refractivity contribution is 8.26. The van der Waals surface area contributed by atoms with E-state index in [-0.39, 0.29) is 5.91 Å². The van der Waals surface area contributed by atoms with Gasteiger partial charge in [0, 0.05) is 23.9 Å². The van der Waals surface area contributed by atoms with Crippen molar-refractivity contribution in [3.63, 3.8) is 0 Å². The molecule has 0 atom stereocenters. The molecular formula is C28H30ClN3O2S2.